The third-order valence-corrected chi connectivity index (χ3v) is 10.7. The molecule has 47 heavy (non-hydrogen) atoms. The van der Waals surface area contributed by atoms with Gasteiger partial charge in [-0.2, -0.15) is 4.31 Å². The molecule has 1 N–H and O–H groups in total. The standard InChI is InChI=1S/C36H37Cl2N3O5S/c1-46-31-16-9-27(10-17-31)25-41(34(42)20-13-26-11-18-32(19-12-26)47(44,45)40-21-5-6-22-40)35(28-7-3-2-4-8-28)36(43)39-24-29-14-15-30(37)23-33(29)38/h2-4,7-12,14-19,23,35H,5-6,13,20-22,24-25H2,1H3,(H,39,43). The van der Waals surface area contributed by atoms with Crippen LogP contribution >= 0.6 is 23.2 Å². The average Bonchev–Trinajstić information content (AvgIpc) is 3.64. The van der Waals surface area contributed by atoms with Crippen molar-refractivity contribution in [3.63, 3.8) is 0 Å². The minimum absolute atomic E-state index is 0.105. The monoisotopic (exact) mass is 693 g/mol. The van der Waals surface area contributed by atoms with E-state index in [1.807, 2.05) is 54.6 Å². The van der Waals surface area contributed by atoms with Crippen molar-refractivity contribution in [2.45, 2.75) is 49.7 Å². The van der Waals surface area contributed by atoms with Gasteiger partial charge in [-0.15, -0.1) is 0 Å². The first-order chi connectivity index (χ1) is 22.7. The van der Waals surface area contributed by atoms with Gasteiger partial charge in [0.2, 0.25) is 21.8 Å². The van der Waals surface area contributed by atoms with Gasteiger partial charge in [0.1, 0.15) is 11.8 Å². The van der Waals surface area contributed by atoms with Gasteiger partial charge in [0.15, 0.2) is 0 Å². The summed E-state index contributed by atoms with van der Waals surface area (Å²) in [4.78, 5) is 29.9. The lowest BCUT2D eigenvalue weighted by Crippen LogP contribution is -2.43. The Labute approximate surface area is 286 Å². The van der Waals surface area contributed by atoms with Crippen LogP contribution in [0.1, 0.15) is 47.6 Å². The second-order valence-corrected chi connectivity index (χ2v) is 14.2. The first kappa shape index (κ1) is 34.4. The van der Waals surface area contributed by atoms with Gasteiger partial charge in [0.25, 0.3) is 0 Å². The second kappa shape index (κ2) is 15.8. The summed E-state index contributed by atoms with van der Waals surface area (Å²) in [5, 5.41) is 3.90. The molecule has 1 unspecified atom stereocenters. The van der Waals surface area contributed by atoms with E-state index < -0.39 is 16.1 Å². The van der Waals surface area contributed by atoms with Crippen molar-refractivity contribution in [2.24, 2.45) is 0 Å². The molecule has 246 valence electrons. The van der Waals surface area contributed by atoms with E-state index in [4.69, 9.17) is 27.9 Å². The number of rotatable bonds is 13. The number of carbonyl (C=O) groups is 2. The Hall–Kier alpha value is -3.89. The highest BCUT2D eigenvalue weighted by molar-refractivity contribution is 7.89. The predicted octanol–water partition coefficient (Wildman–Crippen LogP) is 6.81. The van der Waals surface area contributed by atoms with Crippen LogP contribution in [0.3, 0.4) is 0 Å². The van der Waals surface area contributed by atoms with Gasteiger partial charge in [-0.25, -0.2) is 8.42 Å². The molecule has 0 saturated carbocycles. The summed E-state index contributed by atoms with van der Waals surface area (Å²) in [6.45, 7) is 1.39. The fourth-order valence-corrected chi connectivity index (χ4v) is 7.60. The van der Waals surface area contributed by atoms with Gasteiger partial charge in [-0.3, -0.25) is 9.59 Å². The van der Waals surface area contributed by atoms with Crippen LogP contribution in [-0.4, -0.2) is 49.6 Å². The van der Waals surface area contributed by atoms with E-state index in [-0.39, 0.29) is 36.2 Å². The molecule has 1 fully saturated rings. The summed E-state index contributed by atoms with van der Waals surface area (Å²) < 4.78 is 32.8. The number of hydrogen-bond acceptors (Lipinski definition) is 5. The number of aryl methyl sites for hydroxylation is 1. The van der Waals surface area contributed by atoms with Gasteiger partial charge < -0.3 is 15.0 Å². The van der Waals surface area contributed by atoms with Crippen molar-refractivity contribution < 1.29 is 22.7 Å². The third kappa shape index (κ3) is 8.73. The maximum absolute atomic E-state index is 14.1. The molecule has 2 amide bonds. The fraction of sp³-hybridized carbons (Fsp3) is 0.278. The second-order valence-electron chi connectivity index (χ2n) is 11.4. The number of ether oxygens (including phenoxy) is 1. The molecule has 0 aromatic heterocycles. The molecule has 1 atom stereocenters. The smallest absolute Gasteiger partial charge is 0.247 e. The highest BCUT2D eigenvalue weighted by Gasteiger charge is 2.32. The lowest BCUT2D eigenvalue weighted by atomic mass is 10.0. The zero-order chi connectivity index (χ0) is 33.4. The highest BCUT2D eigenvalue weighted by Crippen LogP contribution is 2.28. The van der Waals surface area contributed by atoms with E-state index in [9.17, 15) is 18.0 Å². The van der Waals surface area contributed by atoms with Gasteiger partial charge in [-0.1, -0.05) is 83.9 Å². The lowest BCUT2D eigenvalue weighted by Gasteiger charge is -2.32. The summed E-state index contributed by atoms with van der Waals surface area (Å²) in [5.74, 6) is 0.0858. The molecule has 1 saturated heterocycles. The zero-order valence-electron chi connectivity index (χ0n) is 26.1. The quantitative estimate of drug-likeness (QED) is 0.166. The van der Waals surface area contributed by atoms with E-state index in [1.54, 1.807) is 54.5 Å². The SMILES string of the molecule is COc1ccc(CN(C(=O)CCc2ccc(S(=O)(=O)N3CCCC3)cc2)C(C(=O)NCc2ccc(Cl)cc2Cl)c2ccccc2)cc1. The molecule has 1 heterocycles. The first-order valence-corrected chi connectivity index (χ1v) is 17.6. The maximum atomic E-state index is 14.1. The molecule has 11 heteroatoms. The van der Waals surface area contributed by atoms with Crippen LogP contribution in [0.5, 0.6) is 5.75 Å². The van der Waals surface area contributed by atoms with Crippen LogP contribution in [0.4, 0.5) is 0 Å². The summed E-state index contributed by atoms with van der Waals surface area (Å²) in [7, 11) is -1.95. The Morgan fingerprint density at radius 2 is 1.55 bits per heavy atom. The minimum atomic E-state index is -3.53. The normalized spacial score (nSPS) is 14.0. The van der Waals surface area contributed by atoms with Crippen LogP contribution in [-0.2, 0) is 39.1 Å². The van der Waals surface area contributed by atoms with Gasteiger partial charge in [0, 0.05) is 42.6 Å². The molecule has 1 aliphatic rings. The number of nitrogens with one attached hydrogen (secondary N) is 1. The molecule has 4 aromatic rings. The zero-order valence-corrected chi connectivity index (χ0v) is 28.4. The van der Waals surface area contributed by atoms with Crippen LogP contribution < -0.4 is 10.1 Å². The van der Waals surface area contributed by atoms with Crippen molar-refractivity contribution in [1.29, 1.82) is 0 Å². The maximum Gasteiger partial charge on any atom is 0.247 e. The Morgan fingerprint density at radius 3 is 2.19 bits per heavy atom. The van der Waals surface area contributed by atoms with Gasteiger partial charge in [0.05, 0.1) is 12.0 Å². The summed E-state index contributed by atoms with van der Waals surface area (Å²) in [6, 6.07) is 27.4. The van der Waals surface area contributed by atoms with E-state index in [1.165, 1.54) is 4.31 Å². The van der Waals surface area contributed by atoms with E-state index in [0.29, 0.717) is 46.4 Å². The number of carbonyl (C=O) groups excluding carboxylic acids is 2. The molecule has 1 aliphatic heterocycles. The van der Waals surface area contributed by atoms with E-state index in [2.05, 4.69) is 5.32 Å². The van der Waals surface area contributed by atoms with Crippen molar-refractivity contribution in [1.82, 2.24) is 14.5 Å². The average molecular weight is 695 g/mol. The molecule has 4 aromatic carbocycles. The van der Waals surface area contributed by atoms with Crippen LogP contribution in [0, 0.1) is 0 Å². The number of nitrogens with zero attached hydrogens (tertiary/aromatic N) is 2. The Balaban J connectivity index is 1.39. The lowest BCUT2D eigenvalue weighted by molar-refractivity contribution is -0.141. The predicted molar refractivity (Wildman–Crippen MR) is 184 cm³/mol. The summed E-state index contributed by atoms with van der Waals surface area (Å²) in [6.07, 6.45) is 2.20. The summed E-state index contributed by atoms with van der Waals surface area (Å²) >= 11 is 12.4. The third-order valence-electron chi connectivity index (χ3n) is 8.23. The van der Waals surface area contributed by atoms with Gasteiger partial charge >= 0.3 is 0 Å². The van der Waals surface area contributed by atoms with Gasteiger partial charge in [-0.05, 0) is 77.9 Å². The molecular formula is C36H37Cl2N3O5S. The largest absolute Gasteiger partial charge is 0.497 e. The molecule has 8 nitrogen and oxygen atoms in total. The number of benzene rings is 4. The Bertz CT molecular complexity index is 1780. The molecule has 0 radical (unpaired) electrons. The Kier molecular flexibility index (Phi) is 11.6. The molecule has 5 rings (SSSR count). The molecule has 0 spiro atoms. The Morgan fingerprint density at radius 1 is 0.894 bits per heavy atom. The fourth-order valence-electron chi connectivity index (χ4n) is 5.60. The number of amides is 2. The van der Waals surface area contributed by atoms with Crippen molar-refractivity contribution in [3.8, 4) is 5.75 Å². The molecule has 0 aliphatic carbocycles. The minimum Gasteiger partial charge on any atom is -0.497 e. The van der Waals surface area contributed by atoms with Crippen molar-refractivity contribution >= 4 is 45.0 Å². The number of sulfonamides is 1. The molecular weight excluding hydrogens is 657 g/mol. The van der Waals surface area contributed by atoms with Crippen LogP contribution in [0.2, 0.25) is 10.0 Å². The summed E-state index contributed by atoms with van der Waals surface area (Å²) in [5.41, 5.74) is 3.00. The van der Waals surface area contributed by atoms with Crippen LogP contribution in [0.15, 0.2) is 102 Å². The first-order valence-electron chi connectivity index (χ1n) is 15.4. The highest BCUT2D eigenvalue weighted by atomic mass is 35.5. The molecule has 0 bridgehead atoms. The topological polar surface area (TPSA) is 96.0 Å². The van der Waals surface area contributed by atoms with E-state index in [0.717, 1.165) is 24.0 Å². The van der Waals surface area contributed by atoms with E-state index >= 15 is 0 Å². The number of halogens is 2. The van der Waals surface area contributed by atoms with Crippen LogP contribution in [0.25, 0.3) is 0 Å². The number of hydrogen-bond donors (Lipinski definition) is 1. The number of methoxy groups -OCH3 is 1. The van der Waals surface area contributed by atoms with Crippen molar-refractivity contribution in [3.05, 3.63) is 129 Å². The van der Waals surface area contributed by atoms with Crippen molar-refractivity contribution in [2.75, 3.05) is 20.2 Å².